The van der Waals surface area contributed by atoms with Gasteiger partial charge in [0.25, 0.3) is 0 Å². The topological polar surface area (TPSA) is 21.3 Å². The Morgan fingerprint density at radius 3 is 2.82 bits per heavy atom. The van der Waals surface area contributed by atoms with Crippen molar-refractivity contribution in [3.63, 3.8) is 0 Å². The maximum Gasteiger partial charge on any atom is 0.0484 e. The van der Waals surface area contributed by atoms with Crippen LogP contribution >= 0.6 is 11.6 Å². The molecule has 0 saturated heterocycles. The quantitative estimate of drug-likeness (QED) is 0.714. The first-order valence-electron chi connectivity index (χ1n) is 6.34. The molecule has 3 heteroatoms. The first kappa shape index (κ1) is 14.5. The second-order valence-corrected chi connectivity index (χ2v) is 4.48. The second kappa shape index (κ2) is 8.51. The Morgan fingerprint density at radius 1 is 1.35 bits per heavy atom. The number of hydrogen-bond donors (Lipinski definition) is 1. The van der Waals surface area contributed by atoms with Gasteiger partial charge in [0, 0.05) is 24.3 Å². The lowest BCUT2D eigenvalue weighted by Crippen LogP contribution is -2.23. The molecule has 1 rings (SSSR count). The predicted molar refractivity (Wildman–Crippen MR) is 73.6 cm³/mol. The van der Waals surface area contributed by atoms with Gasteiger partial charge in [-0.05, 0) is 44.0 Å². The fraction of sp³-hybridized carbons (Fsp3) is 0.571. The maximum absolute atomic E-state index is 6.03. The van der Waals surface area contributed by atoms with Gasteiger partial charge in [0.05, 0.1) is 0 Å². The van der Waals surface area contributed by atoms with Crippen LogP contribution in [0.1, 0.15) is 38.3 Å². The standard InChI is InChI=1S/C14H22ClNO/c1-3-9-16-14(8-10-17-4-2)12-6-5-7-13(15)11-12/h5-7,11,14,16H,3-4,8-10H2,1-2H3. The fourth-order valence-corrected chi connectivity index (χ4v) is 1.97. The normalized spacial score (nSPS) is 12.6. The van der Waals surface area contributed by atoms with E-state index in [0.717, 1.165) is 37.6 Å². The zero-order valence-electron chi connectivity index (χ0n) is 10.7. The van der Waals surface area contributed by atoms with E-state index in [1.165, 1.54) is 5.56 Å². The summed E-state index contributed by atoms with van der Waals surface area (Å²) in [5, 5.41) is 4.33. The lowest BCUT2D eigenvalue weighted by Gasteiger charge is -2.19. The van der Waals surface area contributed by atoms with Crippen LogP contribution in [0.5, 0.6) is 0 Å². The van der Waals surface area contributed by atoms with Gasteiger partial charge in [0.15, 0.2) is 0 Å². The zero-order valence-corrected chi connectivity index (χ0v) is 11.5. The van der Waals surface area contributed by atoms with Gasteiger partial charge >= 0.3 is 0 Å². The average Bonchev–Trinajstić information content (AvgIpc) is 2.33. The van der Waals surface area contributed by atoms with Crippen molar-refractivity contribution in [1.29, 1.82) is 0 Å². The monoisotopic (exact) mass is 255 g/mol. The molecule has 2 nitrogen and oxygen atoms in total. The number of nitrogens with one attached hydrogen (secondary N) is 1. The Bertz CT molecular complexity index is 317. The smallest absolute Gasteiger partial charge is 0.0484 e. The molecule has 96 valence electrons. The van der Waals surface area contributed by atoms with E-state index in [2.05, 4.69) is 18.3 Å². The highest BCUT2D eigenvalue weighted by molar-refractivity contribution is 6.30. The number of ether oxygens (including phenoxy) is 1. The number of halogens is 1. The van der Waals surface area contributed by atoms with E-state index in [4.69, 9.17) is 16.3 Å². The van der Waals surface area contributed by atoms with Crippen molar-refractivity contribution < 1.29 is 4.74 Å². The summed E-state index contributed by atoms with van der Waals surface area (Å²) in [4.78, 5) is 0. The third-order valence-corrected chi connectivity index (χ3v) is 2.88. The van der Waals surface area contributed by atoms with Crippen LogP contribution in [0.4, 0.5) is 0 Å². The highest BCUT2D eigenvalue weighted by atomic mass is 35.5. The molecule has 0 aromatic heterocycles. The van der Waals surface area contributed by atoms with Crippen molar-refractivity contribution in [3.05, 3.63) is 34.9 Å². The number of hydrogen-bond acceptors (Lipinski definition) is 2. The van der Waals surface area contributed by atoms with E-state index in [0.29, 0.717) is 6.04 Å². The maximum atomic E-state index is 6.03. The molecule has 0 amide bonds. The highest BCUT2D eigenvalue weighted by Crippen LogP contribution is 2.20. The van der Waals surface area contributed by atoms with Gasteiger partial charge in [-0.25, -0.2) is 0 Å². The molecular formula is C14H22ClNO. The largest absolute Gasteiger partial charge is 0.382 e. The van der Waals surface area contributed by atoms with Gasteiger partial charge in [-0.3, -0.25) is 0 Å². The van der Waals surface area contributed by atoms with E-state index < -0.39 is 0 Å². The molecule has 0 bridgehead atoms. The highest BCUT2D eigenvalue weighted by Gasteiger charge is 2.10. The SMILES string of the molecule is CCCNC(CCOCC)c1cccc(Cl)c1. The Hall–Kier alpha value is -0.570. The van der Waals surface area contributed by atoms with E-state index >= 15 is 0 Å². The molecule has 0 radical (unpaired) electrons. The Morgan fingerprint density at radius 2 is 2.18 bits per heavy atom. The molecule has 0 heterocycles. The van der Waals surface area contributed by atoms with Crippen molar-refractivity contribution in [2.24, 2.45) is 0 Å². The number of benzene rings is 1. The van der Waals surface area contributed by atoms with Gasteiger partial charge in [0.1, 0.15) is 0 Å². The molecule has 17 heavy (non-hydrogen) atoms. The Balaban J connectivity index is 2.60. The summed E-state index contributed by atoms with van der Waals surface area (Å²) in [5.41, 5.74) is 1.24. The molecule has 0 spiro atoms. The first-order valence-corrected chi connectivity index (χ1v) is 6.72. The van der Waals surface area contributed by atoms with Crippen LogP contribution in [0.15, 0.2) is 24.3 Å². The summed E-state index contributed by atoms with van der Waals surface area (Å²) in [6.07, 6.45) is 2.11. The minimum Gasteiger partial charge on any atom is -0.382 e. The predicted octanol–water partition coefficient (Wildman–Crippen LogP) is 3.81. The molecule has 0 aliphatic carbocycles. The third-order valence-electron chi connectivity index (χ3n) is 2.65. The molecule has 1 aromatic rings. The van der Waals surface area contributed by atoms with Gasteiger partial charge in [0.2, 0.25) is 0 Å². The van der Waals surface area contributed by atoms with Gasteiger partial charge in [-0.2, -0.15) is 0 Å². The average molecular weight is 256 g/mol. The van der Waals surface area contributed by atoms with Crippen molar-refractivity contribution in [2.75, 3.05) is 19.8 Å². The summed E-state index contributed by atoms with van der Waals surface area (Å²) >= 11 is 6.03. The third kappa shape index (κ3) is 5.53. The van der Waals surface area contributed by atoms with Crippen LogP contribution < -0.4 is 5.32 Å². The molecule has 0 aliphatic heterocycles. The summed E-state index contributed by atoms with van der Waals surface area (Å²) in [6.45, 7) is 6.77. The van der Waals surface area contributed by atoms with Crippen LogP contribution in [0, 0.1) is 0 Å². The molecule has 1 aromatic carbocycles. The van der Waals surface area contributed by atoms with E-state index in [-0.39, 0.29) is 0 Å². The Labute approximate surface area is 109 Å². The van der Waals surface area contributed by atoms with Gasteiger partial charge < -0.3 is 10.1 Å². The molecule has 0 saturated carbocycles. The van der Waals surface area contributed by atoms with Crippen molar-refractivity contribution in [1.82, 2.24) is 5.32 Å². The first-order chi connectivity index (χ1) is 8.27. The molecule has 0 fully saturated rings. The Kier molecular flexibility index (Phi) is 7.25. The molecular weight excluding hydrogens is 234 g/mol. The zero-order chi connectivity index (χ0) is 12.5. The lowest BCUT2D eigenvalue weighted by molar-refractivity contribution is 0.136. The van der Waals surface area contributed by atoms with Crippen LogP contribution in [0.25, 0.3) is 0 Å². The van der Waals surface area contributed by atoms with Crippen LogP contribution in [0.3, 0.4) is 0 Å². The summed E-state index contributed by atoms with van der Waals surface area (Å²) < 4.78 is 5.42. The van der Waals surface area contributed by atoms with E-state index in [1.54, 1.807) is 0 Å². The minimum atomic E-state index is 0.334. The van der Waals surface area contributed by atoms with Gasteiger partial charge in [-0.15, -0.1) is 0 Å². The molecule has 1 atom stereocenters. The molecule has 1 unspecified atom stereocenters. The van der Waals surface area contributed by atoms with Crippen LogP contribution in [-0.4, -0.2) is 19.8 Å². The number of rotatable bonds is 8. The van der Waals surface area contributed by atoms with Crippen molar-refractivity contribution in [3.8, 4) is 0 Å². The molecule has 1 N–H and O–H groups in total. The van der Waals surface area contributed by atoms with Crippen molar-refractivity contribution >= 4 is 11.6 Å². The summed E-state index contributed by atoms with van der Waals surface area (Å²) in [6, 6.07) is 8.38. The van der Waals surface area contributed by atoms with Crippen LogP contribution in [0.2, 0.25) is 5.02 Å². The van der Waals surface area contributed by atoms with Gasteiger partial charge in [-0.1, -0.05) is 30.7 Å². The van der Waals surface area contributed by atoms with Crippen LogP contribution in [-0.2, 0) is 4.74 Å². The minimum absolute atomic E-state index is 0.334. The summed E-state index contributed by atoms with van der Waals surface area (Å²) in [5.74, 6) is 0. The lowest BCUT2D eigenvalue weighted by atomic mass is 10.0. The van der Waals surface area contributed by atoms with E-state index in [9.17, 15) is 0 Å². The van der Waals surface area contributed by atoms with Crippen molar-refractivity contribution in [2.45, 2.75) is 32.7 Å². The van der Waals surface area contributed by atoms with E-state index in [1.807, 2.05) is 25.1 Å². The summed E-state index contributed by atoms with van der Waals surface area (Å²) in [7, 11) is 0. The second-order valence-electron chi connectivity index (χ2n) is 4.05. The molecule has 0 aliphatic rings. The fourth-order valence-electron chi connectivity index (χ4n) is 1.77.